The molecule has 1 amide bonds. The minimum atomic E-state index is -4.50. The molecule has 0 aromatic heterocycles. The molecule has 4 aromatic rings. The summed E-state index contributed by atoms with van der Waals surface area (Å²) in [6.45, 7) is 2.98. The zero-order valence-corrected chi connectivity index (χ0v) is 28.7. The van der Waals surface area contributed by atoms with Crippen molar-refractivity contribution in [3.8, 4) is 0 Å². The number of hydrogen-bond donors (Lipinski definition) is 3. The van der Waals surface area contributed by atoms with Crippen molar-refractivity contribution < 1.29 is 40.3 Å². The molecule has 5 rings (SSSR count). The summed E-state index contributed by atoms with van der Waals surface area (Å²) < 4.78 is 95.6. The predicted molar refractivity (Wildman–Crippen MR) is 184 cm³/mol. The average Bonchev–Trinajstić information content (AvgIpc) is 3.10. The van der Waals surface area contributed by atoms with Crippen molar-refractivity contribution in [2.75, 3.05) is 37.6 Å². The van der Waals surface area contributed by atoms with Crippen LogP contribution in [0.25, 0.3) is 0 Å². The summed E-state index contributed by atoms with van der Waals surface area (Å²) in [4.78, 5) is 15.0. The summed E-state index contributed by atoms with van der Waals surface area (Å²) in [6, 6.07) is 20.0. The van der Waals surface area contributed by atoms with Gasteiger partial charge in [-0.1, -0.05) is 37.3 Å². The van der Waals surface area contributed by atoms with Gasteiger partial charge in [0, 0.05) is 56.6 Å². The van der Waals surface area contributed by atoms with Gasteiger partial charge in [-0.15, -0.1) is 0 Å². The van der Waals surface area contributed by atoms with Crippen molar-refractivity contribution in [1.82, 2.24) is 14.9 Å². The normalized spacial score (nSPS) is 15.4. The van der Waals surface area contributed by atoms with Crippen molar-refractivity contribution in [2.45, 2.75) is 49.5 Å². The van der Waals surface area contributed by atoms with Gasteiger partial charge in [-0.05, 0) is 84.1 Å². The highest BCUT2D eigenvalue weighted by Gasteiger charge is 2.33. The number of aliphatic hydroxyl groups excluding tert-OH is 1. The lowest BCUT2D eigenvalue weighted by Gasteiger charge is -2.35. The van der Waals surface area contributed by atoms with E-state index in [0.717, 1.165) is 47.9 Å². The molecule has 8 nitrogen and oxygen atoms in total. The van der Waals surface area contributed by atoms with Crippen molar-refractivity contribution >= 4 is 21.6 Å². The molecule has 1 heterocycles. The van der Waals surface area contributed by atoms with Crippen LogP contribution in [0.2, 0.25) is 0 Å². The minimum Gasteiger partial charge on any atom is -0.390 e. The maximum absolute atomic E-state index is 14.0. The fourth-order valence-corrected chi connectivity index (χ4v) is 7.40. The Balaban J connectivity index is 1.23. The van der Waals surface area contributed by atoms with Crippen molar-refractivity contribution in [2.24, 2.45) is 0 Å². The monoisotopic (exact) mass is 730 g/mol. The van der Waals surface area contributed by atoms with Crippen LogP contribution in [-0.4, -0.2) is 68.6 Å². The van der Waals surface area contributed by atoms with Crippen molar-refractivity contribution in [3.05, 3.63) is 130 Å². The highest BCUT2D eigenvalue weighted by molar-refractivity contribution is 7.89. The van der Waals surface area contributed by atoms with Gasteiger partial charge in [0.15, 0.2) is 0 Å². The molecule has 1 fully saturated rings. The number of nitrogens with one attached hydrogen (secondary N) is 2. The molecule has 2 atom stereocenters. The topological polar surface area (TPSA) is 102 Å². The molecule has 1 saturated heterocycles. The second-order valence-corrected chi connectivity index (χ2v) is 14.3. The highest BCUT2D eigenvalue weighted by Crippen LogP contribution is 2.32. The summed E-state index contributed by atoms with van der Waals surface area (Å²) in [7, 11) is -3.99. The summed E-state index contributed by atoms with van der Waals surface area (Å²) in [5.74, 6) is -2.23. The summed E-state index contributed by atoms with van der Waals surface area (Å²) in [5, 5.41) is 17.0. The van der Waals surface area contributed by atoms with E-state index in [0.29, 0.717) is 12.2 Å². The van der Waals surface area contributed by atoms with E-state index in [1.54, 1.807) is 11.0 Å². The average molecular weight is 731 g/mol. The standard InChI is InChI=1S/C37H39F5N4O4S/c1-2-25-5-3-6-26(17-25)23-43-24-35(47)34(20-27-18-30(38)22-31(39)19-27)44-36(48)28-9-11-33(12-10-28)51(49,50)46-15-13-45(14-16-46)32-8-4-7-29(21-32)37(40,41)42/h3-12,17-19,21-22,34-35,43,47H,2,13-16,20,23-24H2,1H3,(H,44,48). The number of benzene rings is 4. The van der Waals surface area contributed by atoms with E-state index in [9.17, 15) is 40.3 Å². The maximum Gasteiger partial charge on any atom is 0.416 e. The lowest BCUT2D eigenvalue weighted by Crippen LogP contribution is -2.49. The number of rotatable bonds is 13. The minimum absolute atomic E-state index is 0.0408. The Hall–Kier alpha value is -4.37. The summed E-state index contributed by atoms with van der Waals surface area (Å²) >= 11 is 0. The Labute approximate surface area is 294 Å². The van der Waals surface area contributed by atoms with E-state index < -0.39 is 51.5 Å². The number of hydrogen-bond acceptors (Lipinski definition) is 6. The molecule has 0 bridgehead atoms. The van der Waals surface area contributed by atoms with Gasteiger partial charge in [-0.25, -0.2) is 17.2 Å². The van der Waals surface area contributed by atoms with E-state index in [4.69, 9.17) is 0 Å². The maximum atomic E-state index is 14.0. The second-order valence-electron chi connectivity index (χ2n) is 12.4. The number of carbonyl (C=O) groups excluding carboxylic acids is 1. The van der Waals surface area contributed by atoms with E-state index in [1.165, 1.54) is 34.6 Å². The number of sulfonamides is 1. The quantitative estimate of drug-likeness (QED) is 0.156. The van der Waals surface area contributed by atoms with Crippen LogP contribution in [0, 0.1) is 11.6 Å². The van der Waals surface area contributed by atoms with Gasteiger partial charge in [-0.2, -0.15) is 17.5 Å². The van der Waals surface area contributed by atoms with Gasteiger partial charge in [0.25, 0.3) is 5.91 Å². The first kappa shape index (κ1) is 37.9. The molecule has 2 unspecified atom stereocenters. The van der Waals surface area contributed by atoms with Crippen LogP contribution in [-0.2, 0) is 35.6 Å². The molecule has 0 saturated carbocycles. The number of alkyl halides is 3. The summed E-state index contributed by atoms with van der Waals surface area (Å²) in [5.41, 5.74) is 2.04. The van der Waals surface area contributed by atoms with Crippen molar-refractivity contribution in [1.29, 1.82) is 0 Å². The number of piperazine rings is 1. The predicted octanol–water partition coefficient (Wildman–Crippen LogP) is 5.55. The number of carbonyl (C=O) groups is 1. The van der Waals surface area contributed by atoms with Gasteiger partial charge in [-0.3, -0.25) is 4.79 Å². The number of amides is 1. The first-order chi connectivity index (χ1) is 24.2. The van der Waals surface area contributed by atoms with Gasteiger partial charge in [0.2, 0.25) is 10.0 Å². The Kier molecular flexibility index (Phi) is 12.1. The third-order valence-electron chi connectivity index (χ3n) is 8.77. The van der Waals surface area contributed by atoms with E-state index in [2.05, 4.69) is 10.6 Å². The lowest BCUT2D eigenvalue weighted by molar-refractivity contribution is -0.137. The van der Waals surface area contributed by atoms with Crippen LogP contribution in [0.3, 0.4) is 0 Å². The van der Waals surface area contributed by atoms with E-state index in [1.807, 2.05) is 31.2 Å². The Morgan fingerprint density at radius 1 is 0.843 bits per heavy atom. The molecule has 0 aliphatic carbocycles. The molecule has 51 heavy (non-hydrogen) atoms. The van der Waals surface area contributed by atoms with E-state index in [-0.39, 0.29) is 55.2 Å². The van der Waals surface area contributed by atoms with Crippen LogP contribution in [0.15, 0.2) is 95.9 Å². The first-order valence-electron chi connectivity index (χ1n) is 16.5. The largest absolute Gasteiger partial charge is 0.416 e. The van der Waals surface area contributed by atoms with Crippen LogP contribution < -0.4 is 15.5 Å². The second kappa shape index (κ2) is 16.3. The van der Waals surface area contributed by atoms with Gasteiger partial charge in [0.1, 0.15) is 11.6 Å². The Morgan fingerprint density at radius 3 is 2.14 bits per heavy atom. The fourth-order valence-electron chi connectivity index (χ4n) is 5.98. The molecular weight excluding hydrogens is 691 g/mol. The van der Waals surface area contributed by atoms with Crippen LogP contribution in [0.1, 0.15) is 39.5 Å². The molecule has 1 aliphatic rings. The number of aliphatic hydroxyl groups is 1. The first-order valence-corrected chi connectivity index (χ1v) is 17.9. The molecular formula is C37H39F5N4O4S. The lowest BCUT2D eigenvalue weighted by atomic mass is 10.00. The van der Waals surface area contributed by atoms with E-state index >= 15 is 0 Å². The van der Waals surface area contributed by atoms with Crippen molar-refractivity contribution in [3.63, 3.8) is 0 Å². The van der Waals surface area contributed by atoms with Gasteiger partial charge < -0.3 is 20.6 Å². The number of halogens is 5. The molecule has 0 radical (unpaired) electrons. The molecule has 272 valence electrons. The zero-order valence-electron chi connectivity index (χ0n) is 27.8. The highest BCUT2D eigenvalue weighted by atomic mass is 32.2. The molecule has 3 N–H and O–H groups in total. The zero-order chi connectivity index (χ0) is 36.8. The number of nitrogens with zero attached hydrogens (tertiary/aromatic N) is 2. The molecule has 1 aliphatic heterocycles. The van der Waals surface area contributed by atoms with Crippen LogP contribution >= 0.6 is 0 Å². The molecule has 0 spiro atoms. The number of aryl methyl sites for hydroxylation is 1. The fraction of sp³-hybridized carbons (Fsp3) is 0.324. The number of anilines is 1. The third kappa shape index (κ3) is 9.91. The third-order valence-corrected chi connectivity index (χ3v) is 10.7. The van der Waals surface area contributed by atoms with Gasteiger partial charge in [0.05, 0.1) is 22.6 Å². The molecule has 4 aromatic carbocycles. The Morgan fingerprint density at radius 2 is 1.49 bits per heavy atom. The summed E-state index contributed by atoms with van der Waals surface area (Å²) in [6.07, 6.45) is -4.88. The SMILES string of the molecule is CCc1cccc(CNCC(O)C(Cc2cc(F)cc(F)c2)NC(=O)c2ccc(S(=O)(=O)N3CCN(c4cccc(C(F)(F)F)c4)CC3)cc2)c1. The Bertz CT molecular complexity index is 1900. The van der Waals surface area contributed by atoms with Crippen LogP contribution in [0.4, 0.5) is 27.6 Å². The van der Waals surface area contributed by atoms with Crippen LogP contribution in [0.5, 0.6) is 0 Å². The van der Waals surface area contributed by atoms with Gasteiger partial charge >= 0.3 is 6.18 Å². The smallest absolute Gasteiger partial charge is 0.390 e. The molecule has 14 heteroatoms.